The minimum Gasteiger partial charge on any atom is -0.494 e. The third-order valence-corrected chi connectivity index (χ3v) is 4.57. The molecule has 0 saturated carbocycles. The Labute approximate surface area is 143 Å². The summed E-state index contributed by atoms with van der Waals surface area (Å²) in [6.45, 7) is 0.618. The lowest BCUT2D eigenvalue weighted by molar-refractivity contribution is 0.304. The van der Waals surface area contributed by atoms with E-state index in [9.17, 15) is 5.26 Å². The van der Waals surface area contributed by atoms with E-state index in [1.807, 2.05) is 18.2 Å². The van der Waals surface area contributed by atoms with E-state index in [-0.39, 0.29) is 5.92 Å². The molecule has 3 nitrogen and oxygen atoms in total. The van der Waals surface area contributed by atoms with Crippen LogP contribution in [0, 0.1) is 22.7 Å². The van der Waals surface area contributed by atoms with E-state index >= 15 is 0 Å². The van der Waals surface area contributed by atoms with Gasteiger partial charge in [-0.25, -0.2) is 0 Å². The minimum absolute atomic E-state index is 0.152. The molecule has 2 aromatic carbocycles. The summed E-state index contributed by atoms with van der Waals surface area (Å²) in [4.78, 5) is 0. The van der Waals surface area contributed by atoms with Crippen LogP contribution in [-0.2, 0) is 12.8 Å². The normalized spacial score (nSPS) is 13.6. The summed E-state index contributed by atoms with van der Waals surface area (Å²) in [6, 6.07) is 18.1. The summed E-state index contributed by atoms with van der Waals surface area (Å²) in [5.74, 6) is 0.781. The number of ether oxygens (including phenoxy) is 1. The smallest absolute Gasteiger partial charge is 0.119 e. The highest BCUT2D eigenvalue weighted by molar-refractivity contribution is 5.38. The van der Waals surface area contributed by atoms with Crippen LogP contribution in [0.3, 0.4) is 0 Å². The van der Waals surface area contributed by atoms with Crippen molar-refractivity contribution in [2.45, 2.75) is 38.0 Å². The van der Waals surface area contributed by atoms with E-state index < -0.39 is 0 Å². The number of rotatable bonds is 6. The maximum atomic E-state index is 9.37. The Hall–Kier alpha value is -2.78. The molecule has 1 unspecified atom stereocenters. The highest BCUT2D eigenvalue weighted by atomic mass is 16.5. The predicted octanol–water partition coefficient (Wildman–Crippen LogP) is 4.51. The highest BCUT2D eigenvalue weighted by Crippen LogP contribution is 2.26. The predicted molar refractivity (Wildman–Crippen MR) is 92.7 cm³/mol. The molecule has 0 fully saturated rings. The van der Waals surface area contributed by atoms with Crippen LogP contribution in [0.15, 0.2) is 42.5 Å². The van der Waals surface area contributed by atoms with Gasteiger partial charge in [-0.1, -0.05) is 18.2 Å². The fourth-order valence-electron chi connectivity index (χ4n) is 3.21. The van der Waals surface area contributed by atoms with Crippen molar-refractivity contribution in [3.63, 3.8) is 0 Å². The molecule has 0 amide bonds. The van der Waals surface area contributed by atoms with Crippen LogP contribution in [0.5, 0.6) is 5.75 Å². The van der Waals surface area contributed by atoms with Crippen molar-refractivity contribution in [3.8, 4) is 17.9 Å². The van der Waals surface area contributed by atoms with Gasteiger partial charge in [0.05, 0.1) is 30.2 Å². The third kappa shape index (κ3) is 3.76. The van der Waals surface area contributed by atoms with E-state index in [0.29, 0.717) is 12.2 Å². The first-order valence-corrected chi connectivity index (χ1v) is 8.44. The number of nitrogens with zero attached hydrogens (tertiary/aromatic N) is 2. The second-order valence-corrected chi connectivity index (χ2v) is 6.19. The zero-order valence-corrected chi connectivity index (χ0v) is 13.7. The molecular formula is C21H20N2O. The number of nitriles is 2. The van der Waals surface area contributed by atoms with Gasteiger partial charge in [-0.15, -0.1) is 0 Å². The van der Waals surface area contributed by atoms with Gasteiger partial charge in [0.1, 0.15) is 5.75 Å². The monoisotopic (exact) mass is 316 g/mol. The average molecular weight is 316 g/mol. The summed E-state index contributed by atoms with van der Waals surface area (Å²) < 4.78 is 5.85. The molecule has 0 aliphatic heterocycles. The van der Waals surface area contributed by atoms with E-state index in [4.69, 9.17) is 10.00 Å². The van der Waals surface area contributed by atoms with Gasteiger partial charge >= 0.3 is 0 Å². The van der Waals surface area contributed by atoms with E-state index in [0.717, 1.165) is 30.6 Å². The number of hydrogen-bond acceptors (Lipinski definition) is 3. The molecule has 1 aliphatic carbocycles. The van der Waals surface area contributed by atoms with Crippen molar-refractivity contribution < 1.29 is 4.74 Å². The summed E-state index contributed by atoms with van der Waals surface area (Å²) in [7, 11) is 0. The number of hydrogen-bond donors (Lipinski definition) is 0. The van der Waals surface area contributed by atoms with Crippen LogP contribution < -0.4 is 4.74 Å². The van der Waals surface area contributed by atoms with Gasteiger partial charge in [0.15, 0.2) is 0 Å². The Morgan fingerprint density at radius 1 is 1.00 bits per heavy atom. The lowest BCUT2D eigenvalue weighted by atomic mass is 9.95. The maximum Gasteiger partial charge on any atom is 0.119 e. The minimum atomic E-state index is -0.152. The van der Waals surface area contributed by atoms with Crippen molar-refractivity contribution in [2.24, 2.45) is 0 Å². The number of fused-ring (bicyclic) bond motifs is 1. The number of aryl methyl sites for hydroxylation is 2. The van der Waals surface area contributed by atoms with E-state index in [2.05, 4.69) is 24.3 Å². The van der Waals surface area contributed by atoms with Crippen molar-refractivity contribution in [1.82, 2.24) is 0 Å². The molecule has 120 valence electrons. The molecule has 24 heavy (non-hydrogen) atoms. The van der Waals surface area contributed by atoms with Crippen molar-refractivity contribution >= 4 is 0 Å². The molecule has 3 heteroatoms. The zero-order chi connectivity index (χ0) is 16.8. The van der Waals surface area contributed by atoms with Gasteiger partial charge in [-0.05, 0) is 73.1 Å². The van der Waals surface area contributed by atoms with Gasteiger partial charge in [0, 0.05) is 0 Å². The van der Waals surface area contributed by atoms with Crippen LogP contribution >= 0.6 is 0 Å². The fraction of sp³-hybridized carbons (Fsp3) is 0.333. The van der Waals surface area contributed by atoms with Gasteiger partial charge in [0.2, 0.25) is 0 Å². The first kappa shape index (κ1) is 16.1. The highest BCUT2D eigenvalue weighted by Gasteiger charge is 2.12. The average Bonchev–Trinajstić information content (AvgIpc) is 3.10. The molecule has 0 saturated heterocycles. The van der Waals surface area contributed by atoms with Crippen LogP contribution in [0.4, 0.5) is 0 Å². The summed E-state index contributed by atoms with van der Waals surface area (Å²) in [6.07, 6.45) is 5.17. The SMILES string of the molecule is N#Cc1ccc(C(C#N)CCCOc2ccc3c(c2)CCC3)cc1. The summed E-state index contributed by atoms with van der Waals surface area (Å²) in [5.41, 5.74) is 4.46. The molecule has 1 atom stereocenters. The second-order valence-electron chi connectivity index (χ2n) is 6.19. The van der Waals surface area contributed by atoms with Gasteiger partial charge in [0.25, 0.3) is 0 Å². The van der Waals surface area contributed by atoms with Gasteiger partial charge < -0.3 is 4.74 Å². The van der Waals surface area contributed by atoms with E-state index in [1.54, 1.807) is 12.1 Å². The first-order valence-electron chi connectivity index (χ1n) is 8.44. The first-order chi connectivity index (χ1) is 11.8. The topological polar surface area (TPSA) is 56.8 Å². The Bertz CT molecular complexity index is 781. The Morgan fingerprint density at radius 2 is 1.79 bits per heavy atom. The summed E-state index contributed by atoms with van der Waals surface area (Å²) in [5, 5.41) is 18.2. The third-order valence-electron chi connectivity index (χ3n) is 4.57. The Balaban J connectivity index is 1.49. The van der Waals surface area contributed by atoms with Crippen molar-refractivity contribution in [3.05, 3.63) is 64.7 Å². The fourth-order valence-corrected chi connectivity index (χ4v) is 3.21. The van der Waals surface area contributed by atoms with Crippen LogP contribution in [-0.4, -0.2) is 6.61 Å². The quantitative estimate of drug-likeness (QED) is 0.737. The molecule has 0 heterocycles. The lowest BCUT2D eigenvalue weighted by Gasteiger charge is -2.11. The molecule has 3 rings (SSSR count). The van der Waals surface area contributed by atoms with E-state index in [1.165, 1.54) is 24.0 Å². The standard InChI is InChI=1S/C21H20N2O/c22-14-16-6-8-18(9-7-16)20(15-23)5-2-12-24-21-11-10-17-3-1-4-19(17)13-21/h6-11,13,20H,1-5,12H2. The summed E-state index contributed by atoms with van der Waals surface area (Å²) >= 11 is 0. The van der Waals surface area contributed by atoms with Crippen molar-refractivity contribution in [2.75, 3.05) is 6.61 Å². The zero-order valence-electron chi connectivity index (χ0n) is 13.7. The van der Waals surface area contributed by atoms with Crippen LogP contribution in [0.1, 0.15) is 47.4 Å². The number of benzene rings is 2. The molecule has 0 bridgehead atoms. The van der Waals surface area contributed by atoms with Gasteiger partial charge in [-0.3, -0.25) is 0 Å². The maximum absolute atomic E-state index is 9.37. The lowest BCUT2D eigenvalue weighted by Crippen LogP contribution is -2.02. The molecule has 0 N–H and O–H groups in total. The Morgan fingerprint density at radius 3 is 2.54 bits per heavy atom. The van der Waals surface area contributed by atoms with Gasteiger partial charge in [-0.2, -0.15) is 10.5 Å². The molecule has 0 spiro atoms. The molecular weight excluding hydrogens is 296 g/mol. The molecule has 0 aromatic heterocycles. The van der Waals surface area contributed by atoms with Crippen LogP contribution in [0.25, 0.3) is 0 Å². The molecule has 1 aliphatic rings. The second kappa shape index (κ2) is 7.66. The largest absolute Gasteiger partial charge is 0.494 e. The van der Waals surface area contributed by atoms with Crippen LogP contribution in [0.2, 0.25) is 0 Å². The van der Waals surface area contributed by atoms with Crippen molar-refractivity contribution in [1.29, 1.82) is 10.5 Å². The Kier molecular flexibility index (Phi) is 5.14. The molecule has 0 radical (unpaired) electrons. The molecule has 2 aromatic rings.